The van der Waals surface area contributed by atoms with Crippen LogP contribution >= 0.6 is 0 Å². The van der Waals surface area contributed by atoms with E-state index in [1.54, 1.807) is 11.1 Å². The Morgan fingerprint density at radius 3 is 2.54 bits per heavy atom. The number of fused-ring (bicyclic) bond motifs is 8. The first-order valence-electron chi connectivity index (χ1n) is 11.9. The van der Waals surface area contributed by atoms with Crippen LogP contribution in [0.2, 0.25) is 0 Å². The molecule has 1 unspecified atom stereocenters. The van der Waals surface area contributed by atoms with E-state index < -0.39 is 0 Å². The van der Waals surface area contributed by atoms with Crippen molar-refractivity contribution < 1.29 is 4.57 Å². The smallest absolute Gasteiger partial charge is 0.172 e. The highest BCUT2D eigenvalue weighted by Crippen LogP contribution is 2.36. The number of pyridine rings is 1. The van der Waals surface area contributed by atoms with Crippen molar-refractivity contribution in [1.82, 2.24) is 4.90 Å². The normalized spacial score (nSPS) is 31.8. The number of aryl methyl sites for hydroxylation is 2. The summed E-state index contributed by atoms with van der Waals surface area (Å²) < 4.78 is 2.53. The fraction of sp³-hybridized carbons (Fsp3) is 0.654. The summed E-state index contributed by atoms with van der Waals surface area (Å²) in [4.78, 5) is 2.77. The molecule has 1 saturated heterocycles. The van der Waals surface area contributed by atoms with E-state index >= 15 is 0 Å². The first kappa shape index (κ1) is 19.9. The number of nitrogens with zero attached hydrogens (tertiary/aromatic N) is 2. The molecular weight excluding hydrogens is 340 g/mol. The van der Waals surface area contributed by atoms with Crippen molar-refractivity contribution in [2.45, 2.75) is 83.1 Å². The molecule has 1 fully saturated rings. The van der Waals surface area contributed by atoms with Crippen molar-refractivity contribution >= 4 is 0 Å². The van der Waals surface area contributed by atoms with Gasteiger partial charge in [-0.2, -0.15) is 0 Å². The summed E-state index contributed by atoms with van der Waals surface area (Å²) in [6.45, 7) is 5.07. The van der Waals surface area contributed by atoms with Gasteiger partial charge in [0.05, 0.1) is 0 Å². The molecule has 0 radical (unpaired) electrons. The van der Waals surface area contributed by atoms with Crippen LogP contribution in [0, 0.1) is 5.92 Å². The molecule has 4 aliphatic heterocycles. The lowest BCUT2D eigenvalue weighted by Gasteiger charge is -2.38. The third kappa shape index (κ3) is 5.56. The van der Waals surface area contributed by atoms with Crippen LogP contribution in [0.3, 0.4) is 0 Å². The summed E-state index contributed by atoms with van der Waals surface area (Å²) in [6, 6.07) is 2.56. The second-order valence-electron chi connectivity index (χ2n) is 9.22. The van der Waals surface area contributed by atoms with Gasteiger partial charge in [-0.15, -0.1) is 0 Å². The van der Waals surface area contributed by atoms with Crippen LogP contribution < -0.4 is 4.57 Å². The first-order valence-corrected chi connectivity index (χ1v) is 11.9. The highest BCUT2D eigenvalue weighted by atomic mass is 15.1. The van der Waals surface area contributed by atoms with E-state index in [1.807, 2.05) is 0 Å². The molecule has 3 atom stereocenters. The van der Waals surface area contributed by atoms with Gasteiger partial charge in [-0.1, -0.05) is 24.3 Å². The van der Waals surface area contributed by atoms with Gasteiger partial charge < -0.3 is 4.90 Å². The van der Waals surface area contributed by atoms with Crippen molar-refractivity contribution in [3.63, 3.8) is 0 Å². The van der Waals surface area contributed by atoms with Gasteiger partial charge in [0.15, 0.2) is 12.4 Å². The Morgan fingerprint density at radius 2 is 1.61 bits per heavy atom. The third-order valence-corrected chi connectivity index (χ3v) is 7.01. The van der Waals surface area contributed by atoms with Gasteiger partial charge in [0, 0.05) is 24.1 Å². The molecule has 5 heterocycles. The monoisotopic (exact) mass is 379 g/mol. The van der Waals surface area contributed by atoms with Crippen molar-refractivity contribution in [1.29, 1.82) is 0 Å². The van der Waals surface area contributed by atoms with Gasteiger partial charge in [-0.25, -0.2) is 4.57 Å². The highest BCUT2D eigenvalue weighted by Gasteiger charge is 2.31. The molecule has 1 aromatic rings. The predicted octanol–water partition coefficient (Wildman–Crippen LogP) is 5.57. The summed E-state index contributed by atoms with van der Waals surface area (Å²) in [5, 5.41) is 0. The van der Waals surface area contributed by atoms with Crippen LogP contribution in [-0.2, 0) is 13.0 Å². The molecule has 5 rings (SSSR count). The maximum absolute atomic E-state index is 2.77. The second kappa shape index (κ2) is 10.4. The predicted molar refractivity (Wildman–Crippen MR) is 117 cm³/mol. The minimum absolute atomic E-state index is 0.747. The maximum atomic E-state index is 2.77. The van der Waals surface area contributed by atoms with E-state index in [9.17, 15) is 0 Å². The molecule has 0 aromatic carbocycles. The first-order chi connectivity index (χ1) is 13.9. The largest absolute Gasteiger partial charge is 0.303 e. The molecule has 2 nitrogen and oxygen atoms in total. The molecule has 28 heavy (non-hydrogen) atoms. The van der Waals surface area contributed by atoms with E-state index in [-0.39, 0.29) is 0 Å². The minimum Gasteiger partial charge on any atom is -0.303 e. The minimum atomic E-state index is 0.747. The number of hydrogen-bond donors (Lipinski definition) is 0. The Kier molecular flexibility index (Phi) is 7.38. The molecule has 4 aliphatic rings. The van der Waals surface area contributed by atoms with Gasteiger partial charge >= 0.3 is 0 Å². The molecule has 6 bridgehead atoms. The highest BCUT2D eigenvalue weighted by molar-refractivity contribution is 5.22. The van der Waals surface area contributed by atoms with Crippen LogP contribution in [0.4, 0.5) is 0 Å². The molecule has 0 aliphatic carbocycles. The molecular formula is C26H39N2+. The fourth-order valence-electron chi connectivity index (χ4n) is 5.43. The van der Waals surface area contributed by atoms with Crippen LogP contribution in [0.5, 0.6) is 0 Å². The topological polar surface area (TPSA) is 7.12 Å². The summed E-state index contributed by atoms with van der Waals surface area (Å²) in [5.41, 5.74) is 3.18. The number of allylic oxidation sites excluding steroid dienone is 4. The number of rotatable bonds is 0. The molecule has 1 aromatic heterocycles. The van der Waals surface area contributed by atoms with Crippen LogP contribution in [0.25, 0.3) is 0 Å². The van der Waals surface area contributed by atoms with Gasteiger partial charge in [-0.3, -0.25) is 0 Å². The van der Waals surface area contributed by atoms with E-state index in [0.29, 0.717) is 0 Å². The van der Waals surface area contributed by atoms with Crippen LogP contribution in [-0.4, -0.2) is 24.5 Å². The number of hydrogen-bond acceptors (Lipinski definition) is 1. The van der Waals surface area contributed by atoms with Crippen LogP contribution in [0.1, 0.15) is 81.3 Å². The SMILES string of the molecule is C1=C\CCc2cc3c[n+](c2)CCCC/C=C\CC[C@H]2CN(CCCC/1)CC[C@H]32. The van der Waals surface area contributed by atoms with Gasteiger partial charge in [0.2, 0.25) is 0 Å². The van der Waals surface area contributed by atoms with Gasteiger partial charge in [0.25, 0.3) is 0 Å². The zero-order valence-electron chi connectivity index (χ0n) is 17.7. The van der Waals surface area contributed by atoms with E-state index in [4.69, 9.17) is 0 Å². The Labute approximate surface area is 172 Å². The average molecular weight is 380 g/mol. The van der Waals surface area contributed by atoms with Crippen LogP contribution in [0.15, 0.2) is 42.8 Å². The summed E-state index contributed by atoms with van der Waals surface area (Å²) >= 11 is 0. The number of piperidine rings is 1. The van der Waals surface area contributed by atoms with E-state index in [0.717, 1.165) is 11.8 Å². The number of aromatic nitrogens is 1. The maximum Gasteiger partial charge on any atom is 0.172 e. The molecule has 152 valence electrons. The Hall–Kier alpha value is -1.41. The second-order valence-corrected chi connectivity index (χ2v) is 9.22. The molecule has 2 heteroatoms. The summed E-state index contributed by atoms with van der Waals surface area (Å²) in [6.07, 6.45) is 28.8. The standard InChI is InChI=1S/C26H39N2/c1-3-7-11-16-27-18-15-26-24(21-27)14-10-6-2-4-8-12-17-28-20-23(13-9-5-1)19-25(26)22-28/h1-2,5-6,19-20,22,24,26H,3-4,7-18,21H2/q+1/b5-1-,6-2-/t24-,26-/m0/s1. The molecule has 0 saturated carbocycles. The zero-order valence-corrected chi connectivity index (χ0v) is 17.7. The molecule has 0 N–H and O–H groups in total. The summed E-state index contributed by atoms with van der Waals surface area (Å²) in [7, 11) is 0. The lowest BCUT2D eigenvalue weighted by atomic mass is 9.78. The van der Waals surface area contributed by atoms with Gasteiger partial charge in [-0.05, 0) is 95.2 Å². The Bertz CT molecular complexity index is 675. The van der Waals surface area contributed by atoms with Crippen molar-refractivity contribution in [3.05, 3.63) is 53.9 Å². The van der Waals surface area contributed by atoms with Crippen molar-refractivity contribution in [3.8, 4) is 0 Å². The Morgan fingerprint density at radius 1 is 0.786 bits per heavy atom. The fourth-order valence-corrected chi connectivity index (χ4v) is 5.43. The van der Waals surface area contributed by atoms with Crippen molar-refractivity contribution in [2.75, 3.05) is 19.6 Å². The average Bonchev–Trinajstić information content (AvgIpc) is 2.71. The third-order valence-electron chi connectivity index (χ3n) is 7.01. The summed E-state index contributed by atoms with van der Waals surface area (Å²) in [5.74, 6) is 1.56. The lowest BCUT2D eigenvalue weighted by molar-refractivity contribution is -0.698. The Balaban J connectivity index is 1.65. The quantitative estimate of drug-likeness (QED) is 0.422. The molecule has 0 spiro atoms. The lowest BCUT2D eigenvalue weighted by Crippen LogP contribution is -2.41. The van der Waals surface area contributed by atoms with Crippen molar-refractivity contribution in [2.24, 2.45) is 5.92 Å². The van der Waals surface area contributed by atoms with Gasteiger partial charge in [0.1, 0.15) is 6.54 Å². The zero-order chi connectivity index (χ0) is 19.0. The van der Waals surface area contributed by atoms with E-state index in [2.05, 4.69) is 52.2 Å². The van der Waals surface area contributed by atoms with E-state index in [1.165, 1.54) is 96.8 Å². The molecule has 0 amide bonds.